The molecule has 170 valence electrons. The fourth-order valence-corrected chi connectivity index (χ4v) is 7.32. The SMILES string of the molecule is COc1ccc([C@H]2c3sc(=O)[nH]c3S[C@@H](C(=O)O)[C@H]2C(=O)c2ccc3c(c2)CCCC3)cc1. The van der Waals surface area contributed by atoms with Crippen LogP contribution in [0.5, 0.6) is 5.75 Å². The van der Waals surface area contributed by atoms with E-state index in [-0.39, 0.29) is 10.7 Å². The molecule has 8 heteroatoms. The molecule has 0 fully saturated rings. The number of benzene rings is 2. The van der Waals surface area contributed by atoms with Crippen molar-refractivity contribution in [3.05, 3.63) is 79.3 Å². The van der Waals surface area contributed by atoms with Gasteiger partial charge < -0.3 is 14.8 Å². The number of H-pyrrole nitrogens is 1. The number of aliphatic carboxylic acids is 1. The van der Waals surface area contributed by atoms with Crippen molar-refractivity contribution in [2.24, 2.45) is 5.92 Å². The predicted octanol–water partition coefficient (Wildman–Crippen LogP) is 4.51. The van der Waals surface area contributed by atoms with Crippen molar-refractivity contribution in [1.29, 1.82) is 0 Å². The number of carboxylic acids is 1. The number of nitrogens with one attached hydrogen (secondary N) is 1. The van der Waals surface area contributed by atoms with Crippen molar-refractivity contribution in [3.63, 3.8) is 0 Å². The summed E-state index contributed by atoms with van der Waals surface area (Å²) in [7, 11) is 1.57. The Morgan fingerprint density at radius 3 is 2.48 bits per heavy atom. The van der Waals surface area contributed by atoms with Gasteiger partial charge >= 0.3 is 10.8 Å². The number of Topliss-reactive ketones (excluding diaryl/α,β-unsaturated/α-hetero) is 1. The quantitative estimate of drug-likeness (QED) is 0.521. The maximum absolute atomic E-state index is 13.9. The maximum atomic E-state index is 13.9. The molecule has 3 aromatic rings. The summed E-state index contributed by atoms with van der Waals surface area (Å²) in [6, 6.07) is 13.1. The van der Waals surface area contributed by atoms with Gasteiger partial charge in [-0.3, -0.25) is 14.4 Å². The lowest BCUT2D eigenvalue weighted by Crippen LogP contribution is -2.39. The number of aromatic amines is 1. The molecule has 2 aromatic carbocycles. The summed E-state index contributed by atoms with van der Waals surface area (Å²) in [5.74, 6) is -1.98. The summed E-state index contributed by atoms with van der Waals surface area (Å²) in [5.41, 5.74) is 3.77. The smallest absolute Gasteiger partial charge is 0.317 e. The van der Waals surface area contributed by atoms with Crippen molar-refractivity contribution >= 4 is 34.9 Å². The number of methoxy groups -OCH3 is 1. The zero-order chi connectivity index (χ0) is 23.1. The van der Waals surface area contributed by atoms with Crippen molar-refractivity contribution in [1.82, 2.24) is 4.98 Å². The van der Waals surface area contributed by atoms with E-state index >= 15 is 0 Å². The summed E-state index contributed by atoms with van der Waals surface area (Å²) >= 11 is 2.11. The highest BCUT2D eigenvalue weighted by Crippen LogP contribution is 2.50. The Morgan fingerprint density at radius 1 is 1.06 bits per heavy atom. The molecule has 0 saturated carbocycles. The third kappa shape index (κ3) is 4.02. The number of hydrogen-bond donors (Lipinski definition) is 2. The number of ether oxygens (including phenoxy) is 1. The zero-order valence-corrected chi connectivity index (χ0v) is 19.6. The Kier molecular flexibility index (Phi) is 5.88. The molecule has 1 aromatic heterocycles. The monoisotopic (exact) mass is 481 g/mol. The molecule has 2 heterocycles. The van der Waals surface area contributed by atoms with Gasteiger partial charge in [0.2, 0.25) is 0 Å². The first-order chi connectivity index (χ1) is 16.0. The van der Waals surface area contributed by atoms with Gasteiger partial charge in [-0.15, -0.1) is 0 Å². The second kappa shape index (κ2) is 8.83. The number of thiazole rings is 1. The lowest BCUT2D eigenvalue weighted by molar-refractivity contribution is -0.137. The molecule has 0 bridgehead atoms. The molecule has 33 heavy (non-hydrogen) atoms. The summed E-state index contributed by atoms with van der Waals surface area (Å²) in [6.07, 6.45) is 4.19. The molecule has 0 amide bonds. The minimum absolute atomic E-state index is 0.199. The standard InChI is InChI=1S/C25H23NO5S2/c1-31-17-10-8-14(9-11-17)18-19(22(24(28)29)32-23-21(18)33-25(30)26-23)20(27)16-7-6-13-4-2-3-5-15(13)12-16/h6-12,18-19,22H,2-5H2,1H3,(H,26,30)(H,28,29)/t18-,19-,22-/m1/s1. The third-order valence-electron chi connectivity index (χ3n) is 6.51. The second-order valence-electron chi connectivity index (χ2n) is 8.42. The number of ketones is 1. The number of rotatable bonds is 5. The molecule has 2 N–H and O–H groups in total. The summed E-state index contributed by atoms with van der Waals surface area (Å²) in [5, 5.41) is 9.61. The van der Waals surface area contributed by atoms with E-state index in [2.05, 4.69) is 4.98 Å². The van der Waals surface area contributed by atoms with E-state index in [0.29, 0.717) is 21.2 Å². The van der Waals surface area contributed by atoms with Crippen LogP contribution in [0.4, 0.5) is 0 Å². The first-order valence-electron chi connectivity index (χ1n) is 10.9. The third-order valence-corrected chi connectivity index (χ3v) is 8.91. The lowest BCUT2D eigenvalue weighted by atomic mass is 9.77. The van der Waals surface area contributed by atoms with E-state index in [1.165, 1.54) is 11.1 Å². The molecule has 0 radical (unpaired) electrons. The molecule has 0 unspecified atom stereocenters. The van der Waals surface area contributed by atoms with Crippen LogP contribution in [0.1, 0.15) is 50.7 Å². The topological polar surface area (TPSA) is 96.5 Å². The average Bonchev–Trinajstić information content (AvgIpc) is 3.22. The molecule has 5 rings (SSSR count). The number of carbonyl (C=O) groups excluding carboxylic acids is 1. The van der Waals surface area contributed by atoms with E-state index in [1.807, 2.05) is 30.3 Å². The van der Waals surface area contributed by atoms with Gasteiger partial charge in [-0.2, -0.15) is 0 Å². The predicted molar refractivity (Wildman–Crippen MR) is 128 cm³/mol. The second-order valence-corrected chi connectivity index (χ2v) is 10.6. The van der Waals surface area contributed by atoms with Crippen LogP contribution in [0.15, 0.2) is 52.3 Å². The fraction of sp³-hybridized carbons (Fsp3) is 0.320. The van der Waals surface area contributed by atoms with Gasteiger partial charge in [0, 0.05) is 16.4 Å². The number of carboxylic acid groups (broad SMARTS) is 1. The average molecular weight is 482 g/mol. The first-order valence-corrected chi connectivity index (χ1v) is 12.6. The van der Waals surface area contributed by atoms with Crippen molar-refractivity contribution in [3.8, 4) is 5.75 Å². The largest absolute Gasteiger partial charge is 0.497 e. The highest BCUT2D eigenvalue weighted by atomic mass is 32.2. The van der Waals surface area contributed by atoms with Gasteiger partial charge in [-0.25, -0.2) is 0 Å². The summed E-state index contributed by atoms with van der Waals surface area (Å²) in [6.45, 7) is 0. The molecule has 0 saturated heterocycles. The van der Waals surface area contributed by atoms with Crippen LogP contribution in [0, 0.1) is 5.92 Å². The first kappa shape index (κ1) is 22.0. The highest BCUT2D eigenvalue weighted by Gasteiger charge is 2.47. The Labute approximate surface area is 199 Å². The Balaban J connectivity index is 1.64. The van der Waals surface area contributed by atoms with Crippen LogP contribution in [0.3, 0.4) is 0 Å². The molecule has 2 aliphatic rings. The molecule has 3 atom stereocenters. The zero-order valence-electron chi connectivity index (χ0n) is 18.0. The van der Waals surface area contributed by atoms with Gasteiger partial charge in [0.1, 0.15) is 11.0 Å². The van der Waals surface area contributed by atoms with Crippen LogP contribution in [0.2, 0.25) is 0 Å². The molecular weight excluding hydrogens is 458 g/mol. The van der Waals surface area contributed by atoms with Crippen LogP contribution in [-0.4, -0.2) is 34.2 Å². The minimum atomic E-state index is -1.06. The van der Waals surface area contributed by atoms with Gasteiger partial charge in [-0.05, 0) is 60.6 Å². The Hall–Kier alpha value is -2.84. The van der Waals surface area contributed by atoms with Crippen molar-refractivity contribution < 1.29 is 19.4 Å². The van der Waals surface area contributed by atoms with Gasteiger partial charge in [0.25, 0.3) is 0 Å². The molecular formula is C25H23NO5S2. The van der Waals surface area contributed by atoms with Crippen molar-refractivity contribution in [2.45, 2.75) is 41.9 Å². The van der Waals surface area contributed by atoms with E-state index in [9.17, 15) is 19.5 Å². The van der Waals surface area contributed by atoms with Crippen LogP contribution in [-0.2, 0) is 17.6 Å². The van der Waals surface area contributed by atoms with E-state index in [1.54, 1.807) is 19.2 Å². The minimum Gasteiger partial charge on any atom is -0.497 e. The molecule has 6 nitrogen and oxygen atoms in total. The lowest BCUT2D eigenvalue weighted by Gasteiger charge is -2.34. The molecule has 0 spiro atoms. The fourth-order valence-electron chi connectivity index (χ4n) is 4.90. The summed E-state index contributed by atoms with van der Waals surface area (Å²) < 4.78 is 5.27. The highest BCUT2D eigenvalue weighted by molar-refractivity contribution is 8.00. The number of hydrogen-bond acceptors (Lipinski definition) is 6. The van der Waals surface area contributed by atoms with E-state index in [0.717, 1.165) is 54.3 Å². The number of aryl methyl sites for hydroxylation is 2. The van der Waals surface area contributed by atoms with Crippen LogP contribution in [0.25, 0.3) is 0 Å². The number of aromatic nitrogens is 1. The van der Waals surface area contributed by atoms with Crippen LogP contribution < -0.4 is 9.61 Å². The number of carbonyl (C=O) groups is 2. The maximum Gasteiger partial charge on any atom is 0.317 e. The van der Waals surface area contributed by atoms with Gasteiger partial charge in [-0.1, -0.05) is 47.4 Å². The van der Waals surface area contributed by atoms with E-state index in [4.69, 9.17) is 4.74 Å². The summed E-state index contributed by atoms with van der Waals surface area (Å²) in [4.78, 5) is 41.7. The number of thioether (sulfide) groups is 1. The number of fused-ring (bicyclic) bond motifs is 2. The van der Waals surface area contributed by atoms with Gasteiger partial charge in [0.15, 0.2) is 5.78 Å². The molecule has 1 aliphatic carbocycles. The van der Waals surface area contributed by atoms with Crippen LogP contribution >= 0.6 is 23.1 Å². The Bertz CT molecular complexity index is 1280. The van der Waals surface area contributed by atoms with E-state index < -0.39 is 23.1 Å². The molecule has 1 aliphatic heterocycles. The Morgan fingerprint density at radius 2 is 1.79 bits per heavy atom. The van der Waals surface area contributed by atoms with Gasteiger partial charge in [0.05, 0.1) is 18.1 Å². The van der Waals surface area contributed by atoms with Crippen molar-refractivity contribution in [2.75, 3.05) is 7.11 Å². The normalized spacial score (nSPS) is 21.7.